The molecule has 0 fully saturated rings. The van der Waals surface area contributed by atoms with Gasteiger partial charge in [0.2, 0.25) is 0 Å². The zero-order valence-electron chi connectivity index (χ0n) is 25.7. The number of rotatable bonds is 4. The van der Waals surface area contributed by atoms with Crippen LogP contribution >= 0.6 is 0 Å². The Labute approximate surface area is 274 Å². The first-order valence-corrected chi connectivity index (χ1v) is 15.5. The van der Waals surface area contributed by atoms with Crippen molar-refractivity contribution in [2.24, 2.45) is 0 Å². The second-order valence-electron chi connectivity index (χ2n) is 11.4. The van der Waals surface area contributed by atoms with Gasteiger partial charge in [-0.3, -0.25) is 15.8 Å². The number of nitrogen functional groups attached to an aromatic ring is 1. The summed E-state index contributed by atoms with van der Waals surface area (Å²) in [4.78, 5) is 4.05. The number of pyridine rings is 1. The van der Waals surface area contributed by atoms with E-state index in [0.717, 1.165) is 28.0 Å². The van der Waals surface area contributed by atoms with E-state index in [-0.39, 0.29) is 11.4 Å². The molecule has 4 nitrogen and oxygen atoms in total. The second kappa shape index (κ2) is 12.9. The van der Waals surface area contributed by atoms with Crippen molar-refractivity contribution in [1.82, 2.24) is 4.98 Å². The number of nitrogens with one attached hydrogen (secondary N) is 2. The van der Waals surface area contributed by atoms with Crippen molar-refractivity contribution in [3.8, 4) is 33.4 Å². The van der Waals surface area contributed by atoms with E-state index in [0.29, 0.717) is 0 Å². The summed E-state index contributed by atoms with van der Waals surface area (Å²) in [5.74, 6) is 0. The molecule has 47 heavy (non-hydrogen) atoms. The molecular weight excluding hydrogens is 573 g/mol. The minimum Gasteiger partial charge on any atom is -0.399 e. The highest BCUT2D eigenvalue weighted by Crippen LogP contribution is 2.43. The molecule has 0 spiro atoms. The van der Waals surface area contributed by atoms with Crippen LogP contribution < -0.4 is 5.73 Å². The quantitative estimate of drug-likeness (QED) is 0.106. The SMILES string of the molecule is N=C1C=CC(c2ccc(-c3c4ccccc4c(-c4ccccc4)c4ccccc34)cc2)=CC1=N.Nc1ccc(-c2cccnc2)cc1. The van der Waals surface area contributed by atoms with Crippen molar-refractivity contribution < 1.29 is 0 Å². The lowest BCUT2D eigenvalue weighted by Crippen LogP contribution is -2.09. The number of nitrogens with two attached hydrogens (primary N) is 1. The summed E-state index contributed by atoms with van der Waals surface area (Å²) in [6.45, 7) is 0. The fraction of sp³-hybridized carbons (Fsp3) is 0. The third kappa shape index (κ3) is 6.00. The lowest BCUT2D eigenvalue weighted by atomic mass is 9.85. The number of nitrogens with zero attached hydrogens (tertiary/aromatic N) is 1. The van der Waals surface area contributed by atoms with Crippen LogP contribution in [0.3, 0.4) is 0 Å². The molecule has 0 radical (unpaired) electrons. The average Bonchev–Trinajstić information content (AvgIpc) is 3.13. The van der Waals surface area contributed by atoms with E-state index < -0.39 is 0 Å². The van der Waals surface area contributed by atoms with Crippen molar-refractivity contribution in [2.45, 2.75) is 0 Å². The largest absolute Gasteiger partial charge is 0.399 e. The highest BCUT2D eigenvalue weighted by Gasteiger charge is 2.16. The molecule has 0 saturated heterocycles. The number of hydrogen-bond donors (Lipinski definition) is 3. The second-order valence-corrected chi connectivity index (χ2v) is 11.4. The molecule has 7 aromatic rings. The minimum absolute atomic E-state index is 0.245. The molecular formula is C43H32N4. The van der Waals surface area contributed by atoms with E-state index in [4.69, 9.17) is 16.6 Å². The molecule has 0 unspecified atom stereocenters. The van der Waals surface area contributed by atoms with E-state index in [9.17, 15) is 0 Å². The van der Waals surface area contributed by atoms with Gasteiger partial charge in [-0.15, -0.1) is 0 Å². The molecule has 8 rings (SSSR count). The summed E-state index contributed by atoms with van der Waals surface area (Å²) in [7, 11) is 0. The number of fused-ring (bicyclic) bond motifs is 2. The molecule has 0 aliphatic heterocycles. The molecule has 0 saturated carbocycles. The first-order valence-electron chi connectivity index (χ1n) is 15.5. The first-order chi connectivity index (χ1) is 23.1. The van der Waals surface area contributed by atoms with Crippen LogP contribution in [-0.4, -0.2) is 16.4 Å². The highest BCUT2D eigenvalue weighted by atomic mass is 14.6. The summed E-state index contributed by atoms with van der Waals surface area (Å²) in [5.41, 5.74) is 16.0. The van der Waals surface area contributed by atoms with E-state index >= 15 is 0 Å². The van der Waals surface area contributed by atoms with Crippen LogP contribution in [0.4, 0.5) is 5.69 Å². The summed E-state index contributed by atoms with van der Waals surface area (Å²) < 4.78 is 0. The molecule has 0 amide bonds. The number of hydrogen-bond acceptors (Lipinski definition) is 4. The number of benzene rings is 6. The van der Waals surface area contributed by atoms with Crippen molar-refractivity contribution in [3.05, 3.63) is 176 Å². The average molecular weight is 605 g/mol. The third-order valence-electron chi connectivity index (χ3n) is 8.43. The summed E-state index contributed by atoms with van der Waals surface area (Å²) in [5, 5.41) is 20.7. The lowest BCUT2D eigenvalue weighted by molar-refractivity contribution is 1.33. The zero-order chi connectivity index (χ0) is 32.2. The van der Waals surface area contributed by atoms with E-state index in [1.807, 2.05) is 48.7 Å². The monoisotopic (exact) mass is 604 g/mol. The Bertz CT molecular complexity index is 2240. The van der Waals surface area contributed by atoms with Crippen molar-refractivity contribution >= 4 is 44.2 Å². The standard InChI is InChI=1S/C32H22N2.C11H10N2/c33-29-19-18-24(20-30(29)34)21-14-16-23(17-15-21)32-27-12-6-4-10-25(27)31(22-8-2-1-3-9-22)26-11-5-7-13-28(26)32;12-11-5-3-9(4-6-11)10-2-1-7-13-8-10/h1-20,33-34H;1-8H,12H2. The summed E-state index contributed by atoms with van der Waals surface area (Å²) >= 11 is 0. The van der Waals surface area contributed by atoms with Crippen LogP contribution in [-0.2, 0) is 0 Å². The Morgan fingerprint density at radius 3 is 1.45 bits per heavy atom. The van der Waals surface area contributed by atoms with E-state index in [1.165, 1.54) is 43.8 Å². The van der Waals surface area contributed by atoms with Crippen molar-refractivity contribution in [3.63, 3.8) is 0 Å². The van der Waals surface area contributed by atoms with Crippen molar-refractivity contribution in [2.75, 3.05) is 5.73 Å². The van der Waals surface area contributed by atoms with Gasteiger partial charge in [0.25, 0.3) is 0 Å². The van der Waals surface area contributed by atoms with Gasteiger partial charge in [-0.05, 0) is 96.4 Å². The molecule has 224 valence electrons. The maximum Gasteiger partial charge on any atom is 0.0795 e. The number of anilines is 1. The zero-order valence-corrected chi connectivity index (χ0v) is 25.7. The van der Waals surface area contributed by atoms with E-state index in [2.05, 4.69) is 108 Å². The number of aromatic nitrogens is 1. The molecule has 1 aliphatic rings. The predicted octanol–water partition coefficient (Wildman–Crippen LogP) is 10.7. The van der Waals surface area contributed by atoms with Crippen LogP contribution in [0.2, 0.25) is 0 Å². The molecule has 0 atom stereocenters. The van der Waals surface area contributed by atoms with Crippen LogP contribution in [0.25, 0.3) is 60.5 Å². The van der Waals surface area contributed by atoms with Crippen LogP contribution in [0, 0.1) is 10.8 Å². The summed E-state index contributed by atoms with van der Waals surface area (Å²) in [6.07, 6.45) is 8.97. The molecule has 1 aliphatic carbocycles. The van der Waals surface area contributed by atoms with Gasteiger partial charge in [-0.25, -0.2) is 0 Å². The molecule has 6 aromatic carbocycles. The number of allylic oxidation sites excluding steroid dienone is 4. The highest BCUT2D eigenvalue weighted by molar-refractivity contribution is 6.50. The van der Waals surface area contributed by atoms with Gasteiger partial charge in [0.15, 0.2) is 0 Å². The van der Waals surface area contributed by atoms with Gasteiger partial charge in [0.05, 0.1) is 11.4 Å². The van der Waals surface area contributed by atoms with E-state index in [1.54, 1.807) is 18.3 Å². The normalized spacial score (nSPS) is 12.5. The van der Waals surface area contributed by atoms with Gasteiger partial charge in [-0.1, -0.05) is 127 Å². The fourth-order valence-electron chi connectivity index (χ4n) is 6.12. The predicted molar refractivity (Wildman–Crippen MR) is 199 cm³/mol. The van der Waals surface area contributed by atoms with Gasteiger partial charge in [0, 0.05) is 18.1 Å². The Kier molecular flexibility index (Phi) is 8.06. The lowest BCUT2D eigenvalue weighted by Gasteiger charge is -2.18. The molecule has 0 bridgehead atoms. The Morgan fingerprint density at radius 2 is 0.915 bits per heavy atom. The maximum absolute atomic E-state index is 7.97. The molecule has 4 N–H and O–H groups in total. The first kappa shape index (κ1) is 29.3. The van der Waals surface area contributed by atoms with Crippen LogP contribution in [0.1, 0.15) is 5.56 Å². The fourth-order valence-corrected chi connectivity index (χ4v) is 6.12. The smallest absolute Gasteiger partial charge is 0.0795 e. The topological polar surface area (TPSA) is 86.6 Å². The van der Waals surface area contributed by atoms with Gasteiger partial charge in [-0.2, -0.15) is 0 Å². The Balaban J connectivity index is 0.000000226. The van der Waals surface area contributed by atoms with Gasteiger partial charge in [0.1, 0.15) is 0 Å². The molecule has 1 heterocycles. The van der Waals surface area contributed by atoms with Gasteiger partial charge < -0.3 is 5.73 Å². The molecule has 1 aromatic heterocycles. The Hall–Kier alpha value is -6.39. The van der Waals surface area contributed by atoms with Crippen molar-refractivity contribution in [1.29, 1.82) is 10.8 Å². The maximum atomic E-state index is 7.97. The minimum atomic E-state index is 0.245. The van der Waals surface area contributed by atoms with Gasteiger partial charge >= 0.3 is 0 Å². The van der Waals surface area contributed by atoms with Crippen LogP contribution in [0.5, 0.6) is 0 Å². The third-order valence-corrected chi connectivity index (χ3v) is 8.43. The Morgan fingerprint density at radius 1 is 0.426 bits per heavy atom. The van der Waals surface area contributed by atoms with Crippen LogP contribution in [0.15, 0.2) is 170 Å². The molecule has 4 heteroatoms. The summed E-state index contributed by atoms with van der Waals surface area (Å²) in [6, 6.07) is 48.3.